The average Bonchev–Trinajstić information content (AvgIpc) is 3.71. The van der Waals surface area contributed by atoms with E-state index in [-0.39, 0.29) is 62.3 Å². The van der Waals surface area contributed by atoms with E-state index in [4.69, 9.17) is 9.47 Å². The first-order chi connectivity index (χ1) is 28.9. The fourth-order valence-corrected chi connectivity index (χ4v) is 7.07. The molecule has 3 amide bonds. The molecule has 60 heavy (non-hydrogen) atoms. The zero-order chi connectivity index (χ0) is 43.2. The summed E-state index contributed by atoms with van der Waals surface area (Å²) in [4.78, 5) is 62.4. The van der Waals surface area contributed by atoms with Crippen LogP contribution in [-0.4, -0.2) is 92.4 Å². The number of hydrogen-bond acceptors (Lipinski definition) is 9. The van der Waals surface area contributed by atoms with Crippen molar-refractivity contribution in [2.24, 2.45) is 0 Å². The number of hydrogen-bond donors (Lipinski definition) is 4. The van der Waals surface area contributed by atoms with Gasteiger partial charge in [0.25, 0.3) is 11.8 Å². The summed E-state index contributed by atoms with van der Waals surface area (Å²) in [5.41, 5.74) is 4.78. The monoisotopic (exact) mass is 826 g/mol. The average molecular weight is 827 g/mol. The third kappa shape index (κ3) is 11.3. The summed E-state index contributed by atoms with van der Waals surface area (Å²) >= 11 is 0. The molecule has 1 aliphatic heterocycles. The van der Waals surface area contributed by atoms with Gasteiger partial charge in [0.15, 0.2) is 0 Å². The Kier molecular flexibility index (Phi) is 15.9. The molecule has 0 saturated heterocycles. The van der Waals surface area contributed by atoms with E-state index in [1.54, 1.807) is 49.6 Å². The summed E-state index contributed by atoms with van der Waals surface area (Å²) < 4.78 is 40.6. The lowest BCUT2D eigenvalue weighted by atomic mass is 10.1. The Hall–Kier alpha value is -6.19. The molecule has 5 rings (SSSR count). The van der Waals surface area contributed by atoms with Gasteiger partial charge in [-0.3, -0.25) is 14.4 Å². The Labute approximate surface area is 347 Å². The predicted octanol–water partition coefficient (Wildman–Crippen LogP) is 4.13. The highest BCUT2D eigenvalue weighted by Gasteiger charge is 2.30. The Balaban J connectivity index is 0.953. The standard InChI is InChI=1S/C45H52F2N6O7/c1-30-36-9-5-10-40(39(36)28-52(30)35(29-55)8-7-21-54)51-43(57)12-6-11-42(56)49-19-22-59-24-25-60-23-20-50-44(58)32-13-18-41-37(26-32)38(27-48-4)31(2)53(41)34-16-14-33(15-17-34)45(3,46)47/h5,9-10,13-18,21,26-27,29,35,48H,1-2,6-8,11-12,19-20,22-25,28H2,3-4H3,(H,49,56)(H,50,58)(H,51,57)/b38-27+. The van der Waals surface area contributed by atoms with Gasteiger partial charge >= 0.3 is 0 Å². The Morgan fingerprint density at radius 3 is 2.28 bits per heavy atom. The third-order valence-electron chi connectivity index (χ3n) is 10.1. The molecule has 0 spiro atoms. The topological polar surface area (TPSA) is 160 Å². The van der Waals surface area contributed by atoms with E-state index < -0.39 is 12.0 Å². The van der Waals surface area contributed by atoms with Crippen LogP contribution in [0.5, 0.6) is 0 Å². The molecular weight excluding hydrogens is 775 g/mol. The number of nitrogens with one attached hydrogen (secondary N) is 4. The largest absolute Gasteiger partial charge is 0.393 e. The molecule has 4 N–H and O–H groups in total. The van der Waals surface area contributed by atoms with Crippen molar-refractivity contribution in [3.8, 4) is 5.69 Å². The van der Waals surface area contributed by atoms with Gasteiger partial charge in [-0.05, 0) is 49.2 Å². The Bertz CT molecular complexity index is 2310. The molecule has 1 atom stereocenters. The van der Waals surface area contributed by atoms with Crippen LogP contribution < -0.4 is 31.8 Å². The fourth-order valence-electron chi connectivity index (χ4n) is 7.07. The van der Waals surface area contributed by atoms with Gasteiger partial charge in [0, 0.05) is 114 Å². The highest BCUT2D eigenvalue weighted by atomic mass is 19.3. The van der Waals surface area contributed by atoms with Crippen LogP contribution in [0.25, 0.3) is 35.1 Å². The molecule has 15 heteroatoms. The van der Waals surface area contributed by atoms with Crippen LogP contribution in [0.1, 0.15) is 66.1 Å². The van der Waals surface area contributed by atoms with Gasteiger partial charge in [-0.15, -0.1) is 0 Å². The molecule has 1 aliphatic rings. The van der Waals surface area contributed by atoms with Gasteiger partial charge in [-0.1, -0.05) is 37.4 Å². The molecule has 2 heterocycles. The minimum Gasteiger partial charge on any atom is -0.393 e. The normalized spacial score (nSPS) is 13.2. The number of alkyl halides is 2. The number of rotatable bonds is 23. The van der Waals surface area contributed by atoms with E-state index >= 15 is 0 Å². The smallest absolute Gasteiger partial charge is 0.270 e. The number of aldehydes is 2. The minimum absolute atomic E-state index is 0.0863. The Morgan fingerprint density at radius 2 is 1.62 bits per heavy atom. The van der Waals surface area contributed by atoms with Crippen molar-refractivity contribution in [2.75, 3.05) is 51.9 Å². The number of aromatic nitrogens is 1. The first-order valence-corrected chi connectivity index (χ1v) is 19.8. The van der Waals surface area contributed by atoms with Crippen molar-refractivity contribution >= 4 is 65.4 Å². The lowest BCUT2D eigenvalue weighted by Crippen LogP contribution is -2.31. The number of fused-ring (bicyclic) bond motifs is 2. The van der Waals surface area contributed by atoms with Crippen LogP contribution in [-0.2, 0) is 41.1 Å². The number of benzene rings is 3. The summed E-state index contributed by atoms with van der Waals surface area (Å²) in [5, 5.41) is 13.7. The maximum Gasteiger partial charge on any atom is 0.270 e. The molecule has 1 unspecified atom stereocenters. The van der Waals surface area contributed by atoms with Crippen LogP contribution in [0, 0.1) is 0 Å². The lowest BCUT2D eigenvalue weighted by Gasteiger charge is -2.25. The molecule has 0 bridgehead atoms. The number of carbonyl (C=O) groups excluding carboxylic acids is 5. The lowest BCUT2D eigenvalue weighted by molar-refractivity contribution is -0.121. The fraction of sp³-hybridized carbons (Fsp3) is 0.356. The third-order valence-corrected chi connectivity index (χ3v) is 10.1. The van der Waals surface area contributed by atoms with Crippen molar-refractivity contribution in [3.05, 3.63) is 100 Å². The number of ether oxygens (including phenoxy) is 2. The molecule has 4 aromatic rings. The van der Waals surface area contributed by atoms with Crippen molar-refractivity contribution in [1.82, 2.24) is 25.4 Å². The van der Waals surface area contributed by atoms with Crippen LogP contribution in [0.15, 0.2) is 67.2 Å². The number of anilines is 1. The first kappa shape index (κ1) is 44.9. The first-order valence-electron chi connectivity index (χ1n) is 19.8. The molecule has 318 valence electrons. The predicted molar refractivity (Wildman–Crippen MR) is 227 cm³/mol. The van der Waals surface area contributed by atoms with E-state index in [9.17, 15) is 32.8 Å². The Morgan fingerprint density at radius 1 is 0.917 bits per heavy atom. The second-order valence-electron chi connectivity index (χ2n) is 14.4. The van der Waals surface area contributed by atoms with Gasteiger partial charge < -0.3 is 49.8 Å². The highest BCUT2D eigenvalue weighted by Crippen LogP contribution is 2.38. The number of amides is 3. The molecule has 0 fully saturated rings. The summed E-state index contributed by atoms with van der Waals surface area (Å²) in [7, 11) is 1.76. The molecule has 0 radical (unpaired) electrons. The van der Waals surface area contributed by atoms with E-state index in [1.807, 2.05) is 21.6 Å². The minimum atomic E-state index is -2.95. The molecule has 13 nitrogen and oxygen atoms in total. The van der Waals surface area contributed by atoms with Gasteiger partial charge in [0.2, 0.25) is 11.8 Å². The molecular formula is C45H52F2N6O7. The van der Waals surface area contributed by atoms with E-state index in [0.717, 1.165) is 46.7 Å². The highest BCUT2D eigenvalue weighted by molar-refractivity contribution is 5.99. The van der Waals surface area contributed by atoms with Gasteiger partial charge in [-0.2, -0.15) is 0 Å². The van der Waals surface area contributed by atoms with Crippen LogP contribution in [0.2, 0.25) is 0 Å². The van der Waals surface area contributed by atoms with Crippen molar-refractivity contribution in [2.45, 2.75) is 57.5 Å². The number of nitrogens with zero attached hydrogens (tertiary/aromatic N) is 2. The SMILES string of the molecule is C=C1c2cccc(NC(=O)CCCC(=O)NCCOCCOCCNC(=O)c3ccc4c(c3)/c(=C/NC)c(=C)n4-c3ccc(C(C)(F)F)cc3)c2CN1C(C=O)CCC=O. The van der Waals surface area contributed by atoms with E-state index in [0.29, 0.717) is 67.1 Å². The van der Waals surface area contributed by atoms with E-state index in [1.165, 1.54) is 12.1 Å². The zero-order valence-corrected chi connectivity index (χ0v) is 34.0. The summed E-state index contributed by atoms with van der Waals surface area (Å²) in [6.45, 7) is 11.3. The summed E-state index contributed by atoms with van der Waals surface area (Å²) in [5.74, 6) is -3.67. The van der Waals surface area contributed by atoms with Crippen molar-refractivity contribution < 1.29 is 42.2 Å². The molecule has 1 aromatic heterocycles. The maximum absolute atomic E-state index is 13.8. The summed E-state index contributed by atoms with van der Waals surface area (Å²) in [6.07, 6.45) is 4.70. The van der Waals surface area contributed by atoms with Crippen LogP contribution >= 0.6 is 0 Å². The van der Waals surface area contributed by atoms with Gasteiger partial charge in [-0.25, -0.2) is 8.78 Å². The second-order valence-corrected chi connectivity index (χ2v) is 14.4. The van der Waals surface area contributed by atoms with E-state index in [2.05, 4.69) is 34.4 Å². The second kappa shape index (κ2) is 21.2. The number of carbonyl (C=O) groups is 5. The quantitative estimate of drug-likeness (QED) is 0.0638. The van der Waals surface area contributed by atoms with Crippen LogP contribution in [0.4, 0.5) is 14.5 Å². The number of halogens is 2. The van der Waals surface area contributed by atoms with Crippen molar-refractivity contribution in [1.29, 1.82) is 0 Å². The van der Waals surface area contributed by atoms with Gasteiger partial charge in [0.1, 0.15) is 12.6 Å². The maximum atomic E-state index is 13.8. The molecule has 0 aliphatic carbocycles. The van der Waals surface area contributed by atoms with Crippen molar-refractivity contribution in [3.63, 3.8) is 0 Å². The summed E-state index contributed by atoms with van der Waals surface area (Å²) in [6, 6.07) is 16.3. The molecule has 3 aromatic carbocycles. The van der Waals surface area contributed by atoms with Crippen LogP contribution in [0.3, 0.4) is 0 Å². The van der Waals surface area contributed by atoms with Gasteiger partial charge in [0.05, 0.1) is 38.0 Å². The zero-order valence-electron chi connectivity index (χ0n) is 34.0. The molecule has 0 saturated carbocycles.